The molecule has 1 amide bonds. The van der Waals surface area contributed by atoms with E-state index >= 15 is 0 Å². The highest BCUT2D eigenvalue weighted by atomic mass is 16.2. The van der Waals surface area contributed by atoms with E-state index < -0.39 is 5.91 Å². The molecule has 0 aliphatic carbocycles. The maximum atomic E-state index is 12.5. The summed E-state index contributed by atoms with van der Waals surface area (Å²) in [5, 5.41) is 0.332. The van der Waals surface area contributed by atoms with Gasteiger partial charge >= 0.3 is 0 Å². The lowest BCUT2D eigenvalue weighted by Gasteiger charge is -2.11. The predicted molar refractivity (Wildman–Crippen MR) is 97.3 cm³/mol. The number of carbonyl (C=O) groups excluding carboxylic acids is 1. The number of amides is 1. The van der Waals surface area contributed by atoms with E-state index in [4.69, 9.17) is 11.7 Å². The molecular weight excluding hydrogens is 318 g/mol. The van der Waals surface area contributed by atoms with Crippen molar-refractivity contribution in [2.45, 2.75) is 19.8 Å². The van der Waals surface area contributed by atoms with Crippen LogP contribution in [-0.4, -0.2) is 15.6 Å². The lowest BCUT2D eigenvalue weighted by atomic mass is 10.0. The summed E-state index contributed by atoms with van der Waals surface area (Å²) < 4.78 is 1.02. The van der Waals surface area contributed by atoms with E-state index in [0.717, 1.165) is 10.2 Å². The Balaban J connectivity index is 2.19. The molecule has 0 atom stereocenters. The fourth-order valence-corrected chi connectivity index (χ4v) is 2.64. The van der Waals surface area contributed by atoms with Gasteiger partial charge in [0, 0.05) is 11.1 Å². The summed E-state index contributed by atoms with van der Waals surface area (Å²) >= 11 is 0. The van der Waals surface area contributed by atoms with Crippen molar-refractivity contribution >= 4 is 16.8 Å². The van der Waals surface area contributed by atoms with E-state index in [1.54, 1.807) is 0 Å². The van der Waals surface area contributed by atoms with Crippen LogP contribution < -0.4 is 22.7 Å². The van der Waals surface area contributed by atoms with Crippen LogP contribution in [0.25, 0.3) is 22.3 Å². The largest absolute Gasteiger partial charge is 0.334 e. The van der Waals surface area contributed by atoms with Crippen LogP contribution in [0.2, 0.25) is 0 Å². The minimum atomic E-state index is -0.455. The van der Waals surface area contributed by atoms with E-state index in [1.165, 1.54) is 23.8 Å². The van der Waals surface area contributed by atoms with Crippen LogP contribution in [0.1, 0.15) is 35.7 Å². The van der Waals surface area contributed by atoms with Crippen molar-refractivity contribution in [3.05, 3.63) is 63.9 Å². The quantitative estimate of drug-likeness (QED) is 0.380. The highest BCUT2D eigenvalue weighted by Crippen LogP contribution is 2.21. The first kappa shape index (κ1) is 16.7. The Labute approximate surface area is 144 Å². The van der Waals surface area contributed by atoms with E-state index in [1.807, 2.05) is 24.3 Å². The highest BCUT2D eigenvalue weighted by Gasteiger charge is 2.13. The average Bonchev–Trinajstić information content (AvgIpc) is 2.63. The molecule has 1 aromatic heterocycles. The summed E-state index contributed by atoms with van der Waals surface area (Å²) in [7, 11) is 0. The van der Waals surface area contributed by atoms with Crippen molar-refractivity contribution in [3.8, 4) is 11.4 Å². The molecule has 2 aromatic carbocycles. The summed E-state index contributed by atoms with van der Waals surface area (Å²) in [6.07, 6.45) is 0. The Morgan fingerprint density at radius 3 is 2.44 bits per heavy atom. The van der Waals surface area contributed by atoms with Crippen molar-refractivity contribution < 1.29 is 4.79 Å². The van der Waals surface area contributed by atoms with Crippen LogP contribution in [0.15, 0.2) is 47.3 Å². The van der Waals surface area contributed by atoms with Crippen molar-refractivity contribution in [2.24, 2.45) is 5.84 Å². The molecule has 3 aromatic rings. The van der Waals surface area contributed by atoms with Gasteiger partial charge in [-0.3, -0.25) is 15.0 Å². The number of hydrazine groups is 1. The maximum Gasteiger partial charge on any atom is 0.280 e. The van der Waals surface area contributed by atoms with Crippen molar-refractivity contribution in [1.82, 2.24) is 15.1 Å². The Bertz CT molecular complexity index is 1010. The third-order valence-electron chi connectivity index (χ3n) is 4.13. The van der Waals surface area contributed by atoms with Gasteiger partial charge in [0.25, 0.3) is 11.5 Å². The second kappa shape index (κ2) is 6.37. The smallest absolute Gasteiger partial charge is 0.280 e. The Morgan fingerprint density at radius 1 is 1.16 bits per heavy atom. The van der Waals surface area contributed by atoms with E-state index in [9.17, 15) is 9.59 Å². The summed E-state index contributed by atoms with van der Waals surface area (Å²) in [6.45, 7) is 4.21. The molecule has 0 unspecified atom stereocenters. The van der Waals surface area contributed by atoms with E-state index in [2.05, 4.69) is 24.3 Å². The van der Waals surface area contributed by atoms with Gasteiger partial charge in [-0.25, -0.2) is 15.5 Å². The molecule has 7 heteroatoms. The SMILES string of the molecule is CC(C)c1ccc(-c2nc3cc(C(=O)NN)ccc3c(=O)n2N)cc1. The molecule has 3 rings (SSSR count). The van der Waals surface area contributed by atoms with Gasteiger partial charge in [-0.2, -0.15) is 0 Å². The normalized spacial score (nSPS) is 11.0. The lowest BCUT2D eigenvalue weighted by Crippen LogP contribution is -2.31. The van der Waals surface area contributed by atoms with Gasteiger partial charge in [-0.15, -0.1) is 0 Å². The number of nitrogens with zero attached hydrogens (tertiary/aromatic N) is 2. The van der Waals surface area contributed by atoms with Crippen molar-refractivity contribution in [1.29, 1.82) is 0 Å². The molecule has 0 saturated carbocycles. The number of nitrogens with two attached hydrogens (primary N) is 2. The first-order chi connectivity index (χ1) is 11.9. The van der Waals surface area contributed by atoms with Gasteiger partial charge < -0.3 is 5.84 Å². The number of benzene rings is 2. The zero-order chi connectivity index (χ0) is 18.1. The monoisotopic (exact) mass is 337 g/mol. The Kier molecular flexibility index (Phi) is 4.24. The molecule has 0 saturated heterocycles. The highest BCUT2D eigenvalue weighted by molar-refractivity contribution is 5.97. The summed E-state index contributed by atoms with van der Waals surface area (Å²) in [4.78, 5) is 28.7. The summed E-state index contributed by atoms with van der Waals surface area (Å²) in [5.74, 6) is 11.4. The summed E-state index contributed by atoms with van der Waals surface area (Å²) in [6, 6.07) is 12.3. The van der Waals surface area contributed by atoms with Gasteiger partial charge in [0.1, 0.15) is 0 Å². The minimum absolute atomic E-state index is 0.317. The number of carbonyl (C=O) groups is 1. The van der Waals surface area contributed by atoms with Crippen LogP contribution in [0.3, 0.4) is 0 Å². The molecule has 0 fully saturated rings. The minimum Gasteiger partial charge on any atom is -0.334 e. The molecule has 5 N–H and O–H groups in total. The van der Waals surface area contributed by atoms with Gasteiger partial charge in [0.2, 0.25) is 0 Å². The van der Waals surface area contributed by atoms with E-state index in [-0.39, 0.29) is 5.56 Å². The summed E-state index contributed by atoms with van der Waals surface area (Å²) in [5.41, 5.74) is 4.28. The second-order valence-electron chi connectivity index (χ2n) is 6.09. The second-order valence-corrected chi connectivity index (χ2v) is 6.09. The third kappa shape index (κ3) is 2.97. The van der Waals surface area contributed by atoms with E-state index in [0.29, 0.717) is 28.2 Å². The molecule has 0 spiro atoms. The molecule has 0 bridgehead atoms. The maximum absolute atomic E-state index is 12.5. The first-order valence-corrected chi connectivity index (χ1v) is 7.85. The van der Waals surface area contributed by atoms with Crippen LogP contribution in [-0.2, 0) is 0 Å². The molecule has 0 aliphatic heterocycles. The molecule has 1 heterocycles. The van der Waals surface area contributed by atoms with Crippen LogP contribution >= 0.6 is 0 Å². The number of hydrogen-bond donors (Lipinski definition) is 3. The fraction of sp³-hybridized carbons (Fsp3) is 0.167. The molecule has 0 radical (unpaired) electrons. The van der Waals surface area contributed by atoms with Crippen molar-refractivity contribution in [3.63, 3.8) is 0 Å². The van der Waals surface area contributed by atoms with Gasteiger partial charge in [-0.05, 0) is 29.7 Å². The number of fused-ring (bicyclic) bond motifs is 1. The van der Waals surface area contributed by atoms with Crippen LogP contribution in [0.4, 0.5) is 0 Å². The molecule has 0 aliphatic rings. The van der Waals surface area contributed by atoms with Gasteiger partial charge in [-0.1, -0.05) is 38.1 Å². The number of hydrogen-bond acceptors (Lipinski definition) is 5. The topological polar surface area (TPSA) is 116 Å². The zero-order valence-electron chi connectivity index (χ0n) is 14.0. The predicted octanol–water partition coefficient (Wildman–Crippen LogP) is 1.50. The molecule has 7 nitrogen and oxygen atoms in total. The van der Waals surface area contributed by atoms with Crippen LogP contribution in [0.5, 0.6) is 0 Å². The number of rotatable bonds is 3. The van der Waals surface area contributed by atoms with Gasteiger partial charge in [0.15, 0.2) is 5.82 Å². The molecular formula is C18H19N5O2. The Hall–Kier alpha value is -3.19. The van der Waals surface area contributed by atoms with Crippen molar-refractivity contribution in [2.75, 3.05) is 5.84 Å². The number of aromatic nitrogens is 2. The number of nitrogen functional groups attached to an aromatic ring is 2. The standard InChI is InChI=1S/C18H19N5O2/c1-10(2)11-3-5-12(6-4-11)16-21-15-9-13(17(24)22-19)7-8-14(15)18(25)23(16)20/h3-10H,19-20H2,1-2H3,(H,22,24). The Morgan fingerprint density at radius 2 is 1.84 bits per heavy atom. The first-order valence-electron chi connectivity index (χ1n) is 7.85. The average molecular weight is 337 g/mol. The zero-order valence-corrected chi connectivity index (χ0v) is 14.0. The number of nitrogens with one attached hydrogen (secondary N) is 1. The molecule has 25 heavy (non-hydrogen) atoms. The van der Waals surface area contributed by atoms with Crippen LogP contribution in [0, 0.1) is 0 Å². The molecule has 128 valence electrons. The lowest BCUT2D eigenvalue weighted by molar-refractivity contribution is 0.0954. The fourth-order valence-electron chi connectivity index (χ4n) is 2.64. The third-order valence-corrected chi connectivity index (χ3v) is 4.13. The van der Waals surface area contributed by atoms with Gasteiger partial charge in [0.05, 0.1) is 10.9 Å².